The van der Waals surface area contributed by atoms with E-state index < -0.39 is 0 Å². The van der Waals surface area contributed by atoms with Crippen LogP contribution in [0.5, 0.6) is 0 Å². The lowest BCUT2D eigenvalue weighted by atomic mass is 9.97. The third-order valence-electron chi connectivity index (χ3n) is 2.97. The average Bonchev–Trinajstić information content (AvgIpc) is 3.01. The molecule has 2 aliphatic rings. The first-order valence-corrected chi connectivity index (χ1v) is 5.09. The van der Waals surface area contributed by atoms with Gasteiger partial charge in [-0.25, -0.2) is 0 Å². The van der Waals surface area contributed by atoms with E-state index in [2.05, 4.69) is 0 Å². The number of likely N-dealkylation sites (tertiary alicyclic amines) is 1. The van der Waals surface area contributed by atoms with Gasteiger partial charge in [0.2, 0.25) is 5.91 Å². The van der Waals surface area contributed by atoms with Gasteiger partial charge in [0.05, 0.1) is 13.0 Å². The summed E-state index contributed by atoms with van der Waals surface area (Å²) in [4.78, 5) is 24.7. The van der Waals surface area contributed by atoms with E-state index >= 15 is 0 Å². The van der Waals surface area contributed by atoms with Crippen molar-refractivity contribution in [1.29, 1.82) is 0 Å². The van der Waals surface area contributed by atoms with Crippen molar-refractivity contribution in [2.45, 2.75) is 31.7 Å². The first kappa shape index (κ1) is 9.49. The molecule has 0 aromatic rings. The molecule has 1 heterocycles. The van der Waals surface area contributed by atoms with Crippen molar-refractivity contribution in [3.8, 4) is 0 Å². The first-order chi connectivity index (χ1) is 6.72. The molecule has 2 rings (SSSR count). The molecule has 0 unspecified atom stereocenters. The van der Waals surface area contributed by atoms with Gasteiger partial charge in [-0.2, -0.15) is 0 Å². The number of methoxy groups -OCH3 is 1. The Kier molecular flexibility index (Phi) is 2.44. The zero-order valence-corrected chi connectivity index (χ0v) is 8.36. The molecule has 78 valence electrons. The van der Waals surface area contributed by atoms with Gasteiger partial charge in [-0.15, -0.1) is 0 Å². The van der Waals surface area contributed by atoms with Crippen molar-refractivity contribution in [2.75, 3.05) is 13.7 Å². The molecule has 0 bridgehead atoms. The number of rotatable bonds is 2. The van der Waals surface area contributed by atoms with Gasteiger partial charge in [0.25, 0.3) is 0 Å². The van der Waals surface area contributed by atoms with Crippen LogP contribution in [-0.2, 0) is 14.3 Å². The van der Waals surface area contributed by atoms with Crippen molar-refractivity contribution in [3.63, 3.8) is 0 Å². The van der Waals surface area contributed by atoms with E-state index in [1.54, 1.807) is 0 Å². The summed E-state index contributed by atoms with van der Waals surface area (Å²) in [6, 6.07) is 0.412. The average molecular weight is 197 g/mol. The lowest BCUT2D eigenvalue weighted by Gasteiger charge is -2.31. The lowest BCUT2D eigenvalue weighted by molar-refractivity contribution is -0.150. The number of ether oxygens (including phenoxy) is 1. The number of hydrogen-bond acceptors (Lipinski definition) is 3. The second-order valence-electron chi connectivity index (χ2n) is 4.04. The van der Waals surface area contributed by atoms with Crippen molar-refractivity contribution in [3.05, 3.63) is 0 Å². The van der Waals surface area contributed by atoms with E-state index in [1.165, 1.54) is 7.11 Å². The van der Waals surface area contributed by atoms with Gasteiger partial charge in [-0.05, 0) is 19.3 Å². The molecule has 0 N–H and O–H groups in total. The van der Waals surface area contributed by atoms with Crippen LogP contribution in [0.25, 0.3) is 0 Å². The van der Waals surface area contributed by atoms with Crippen LogP contribution in [0.1, 0.15) is 25.7 Å². The molecule has 0 radical (unpaired) electrons. The highest BCUT2D eigenvalue weighted by Crippen LogP contribution is 2.31. The molecular weight excluding hydrogens is 182 g/mol. The van der Waals surface area contributed by atoms with Gasteiger partial charge in [-0.3, -0.25) is 9.59 Å². The smallest absolute Gasteiger partial charge is 0.310 e. The van der Waals surface area contributed by atoms with Crippen LogP contribution in [0, 0.1) is 5.92 Å². The van der Waals surface area contributed by atoms with Gasteiger partial charge in [0, 0.05) is 19.0 Å². The molecule has 14 heavy (non-hydrogen) atoms. The predicted octanol–water partition coefficient (Wildman–Crippen LogP) is 0.560. The van der Waals surface area contributed by atoms with E-state index in [4.69, 9.17) is 4.74 Å². The molecule has 4 nitrogen and oxygen atoms in total. The van der Waals surface area contributed by atoms with E-state index in [0.29, 0.717) is 25.4 Å². The minimum atomic E-state index is -0.178. The first-order valence-electron chi connectivity index (χ1n) is 5.09. The molecule has 1 amide bonds. The van der Waals surface area contributed by atoms with E-state index in [0.717, 1.165) is 12.8 Å². The summed E-state index contributed by atoms with van der Waals surface area (Å²) < 4.78 is 4.70. The summed E-state index contributed by atoms with van der Waals surface area (Å²) in [6.45, 7) is 0.566. The summed E-state index contributed by atoms with van der Waals surface area (Å²) in [5.74, 6) is -0.0749. The Labute approximate surface area is 83.2 Å². The van der Waals surface area contributed by atoms with Gasteiger partial charge in [0.15, 0.2) is 0 Å². The second-order valence-corrected chi connectivity index (χ2v) is 4.04. The molecule has 1 atom stereocenters. The minimum Gasteiger partial charge on any atom is -0.469 e. The number of carbonyl (C=O) groups excluding carboxylic acids is 2. The Morgan fingerprint density at radius 2 is 2.14 bits per heavy atom. The zero-order chi connectivity index (χ0) is 10.1. The van der Waals surface area contributed by atoms with Crippen LogP contribution in [0.3, 0.4) is 0 Å². The maximum absolute atomic E-state index is 11.5. The summed E-state index contributed by atoms with van der Waals surface area (Å²) in [6.07, 6.45) is 3.34. The van der Waals surface area contributed by atoms with Crippen LogP contribution in [0.2, 0.25) is 0 Å². The number of piperidine rings is 1. The predicted molar refractivity (Wildman–Crippen MR) is 49.5 cm³/mol. The number of esters is 1. The highest BCUT2D eigenvalue weighted by Gasteiger charge is 2.38. The lowest BCUT2D eigenvalue weighted by Crippen LogP contribution is -2.44. The van der Waals surface area contributed by atoms with Crippen molar-refractivity contribution in [2.24, 2.45) is 5.92 Å². The highest BCUT2D eigenvalue weighted by atomic mass is 16.5. The number of nitrogens with zero attached hydrogens (tertiary/aromatic N) is 1. The molecule has 4 heteroatoms. The topological polar surface area (TPSA) is 46.6 Å². The molecule has 0 aromatic heterocycles. The Balaban J connectivity index is 1.97. The fourth-order valence-corrected chi connectivity index (χ4v) is 1.97. The highest BCUT2D eigenvalue weighted by molar-refractivity contribution is 5.81. The van der Waals surface area contributed by atoms with Crippen molar-refractivity contribution in [1.82, 2.24) is 4.90 Å². The fourth-order valence-electron chi connectivity index (χ4n) is 1.97. The Hall–Kier alpha value is -1.06. The van der Waals surface area contributed by atoms with Gasteiger partial charge < -0.3 is 9.64 Å². The fraction of sp³-hybridized carbons (Fsp3) is 0.800. The molecular formula is C10H15NO3. The molecule has 1 aliphatic heterocycles. The third kappa shape index (κ3) is 1.74. The van der Waals surface area contributed by atoms with Crippen molar-refractivity contribution >= 4 is 11.9 Å². The standard InChI is InChI=1S/C10H15NO3/c1-14-10(13)7-2-5-9(12)11(6-7)8-3-4-8/h7-8H,2-6H2,1H3/t7-/m0/s1. The summed E-state index contributed by atoms with van der Waals surface area (Å²) >= 11 is 0. The van der Waals surface area contributed by atoms with E-state index in [1.807, 2.05) is 4.90 Å². The number of carbonyl (C=O) groups is 2. The zero-order valence-electron chi connectivity index (χ0n) is 8.36. The van der Waals surface area contributed by atoms with Crippen LogP contribution in [0.15, 0.2) is 0 Å². The van der Waals surface area contributed by atoms with Crippen LogP contribution in [-0.4, -0.2) is 36.5 Å². The van der Waals surface area contributed by atoms with Gasteiger partial charge in [0.1, 0.15) is 0 Å². The number of amides is 1. The Morgan fingerprint density at radius 3 is 2.71 bits per heavy atom. The molecule has 2 fully saturated rings. The van der Waals surface area contributed by atoms with Crippen LogP contribution >= 0.6 is 0 Å². The quantitative estimate of drug-likeness (QED) is 0.608. The van der Waals surface area contributed by atoms with E-state index in [9.17, 15) is 9.59 Å². The molecule has 1 aliphatic carbocycles. The van der Waals surface area contributed by atoms with Crippen molar-refractivity contribution < 1.29 is 14.3 Å². The largest absolute Gasteiger partial charge is 0.469 e. The summed E-state index contributed by atoms with van der Waals surface area (Å²) in [5.41, 5.74) is 0. The maximum Gasteiger partial charge on any atom is 0.310 e. The van der Waals surface area contributed by atoms with Gasteiger partial charge >= 0.3 is 5.97 Å². The molecule has 1 saturated carbocycles. The Bertz CT molecular complexity index is 260. The van der Waals surface area contributed by atoms with E-state index in [-0.39, 0.29) is 17.8 Å². The second kappa shape index (κ2) is 3.59. The minimum absolute atomic E-state index is 0.0988. The Morgan fingerprint density at radius 1 is 1.43 bits per heavy atom. The monoisotopic (exact) mass is 197 g/mol. The third-order valence-corrected chi connectivity index (χ3v) is 2.97. The SMILES string of the molecule is COC(=O)[C@H]1CCC(=O)N(C2CC2)C1. The van der Waals surface area contributed by atoms with Crippen LogP contribution in [0.4, 0.5) is 0 Å². The number of hydrogen-bond donors (Lipinski definition) is 0. The summed E-state index contributed by atoms with van der Waals surface area (Å²) in [7, 11) is 1.40. The molecule has 0 aromatic carbocycles. The molecule has 0 spiro atoms. The normalized spacial score (nSPS) is 27.6. The van der Waals surface area contributed by atoms with Gasteiger partial charge in [-0.1, -0.05) is 0 Å². The molecule has 1 saturated heterocycles. The van der Waals surface area contributed by atoms with Crippen LogP contribution < -0.4 is 0 Å². The maximum atomic E-state index is 11.5. The summed E-state index contributed by atoms with van der Waals surface area (Å²) in [5, 5.41) is 0.